The van der Waals surface area contributed by atoms with Crippen LogP contribution in [0.3, 0.4) is 0 Å². The second-order valence-corrected chi connectivity index (χ2v) is 6.39. The van der Waals surface area contributed by atoms with Gasteiger partial charge in [0.15, 0.2) is 0 Å². The Morgan fingerprint density at radius 1 is 1.04 bits per heavy atom. The predicted octanol–water partition coefficient (Wildman–Crippen LogP) is 4.93. The van der Waals surface area contributed by atoms with E-state index in [0.717, 1.165) is 22.3 Å². The van der Waals surface area contributed by atoms with Gasteiger partial charge in [-0.25, -0.2) is 4.98 Å². The largest absolute Gasteiger partial charge is 0.457 e. The SMILES string of the molecule is Cc1ccc(NC(=O)c2ccc3ccn(C)c3n2)cc1Oc1ccccc1. The number of rotatable bonds is 4. The van der Waals surface area contributed by atoms with Crippen molar-refractivity contribution < 1.29 is 9.53 Å². The van der Waals surface area contributed by atoms with Crippen molar-refractivity contribution in [1.29, 1.82) is 0 Å². The number of pyridine rings is 1. The molecule has 0 aliphatic carbocycles. The lowest BCUT2D eigenvalue weighted by Gasteiger charge is -2.11. The lowest BCUT2D eigenvalue weighted by molar-refractivity contribution is 0.102. The van der Waals surface area contributed by atoms with Crippen LogP contribution in [0.5, 0.6) is 11.5 Å². The van der Waals surface area contributed by atoms with Gasteiger partial charge in [-0.05, 0) is 48.9 Å². The van der Waals surface area contributed by atoms with Crippen LogP contribution in [0.25, 0.3) is 11.0 Å². The number of hydrogen-bond donors (Lipinski definition) is 1. The van der Waals surface area contributed by atoms with E-state index in [1.54, 1.807) is 6.07 Å². The van der Waals surface area contributed by atoms with Crippen LogP contribution in [0.2, 0.25) is 0 Å². The van der Waals surface area contributed by atoms with Crippen molar-refractivity contribution in [2.45, 2.75) is 6.92 Å². The highest BCUT2D eigenvalue weighted by atomic mass is 16.5. The highest BCUT2D eigenvalue weighted by molar-refractivity contribution is 6.04. The molecule has 2 aromatic carbocycles. The molecule has 0 radical (unpaired) electrons. The molecular weight excluding hydrogens is 338 g/mol. The fourth-order valence-corrected chi connectivity index (χ4v) is 2.86. The van der Waals surface area contributed by atoms with E-state index >= 15 is 0 Å². The second-order valence-electron chi connectivity index (χ2n) is 6.39. The normalized spacial score (nSPS) is 10.7. The number of hydrogen-bond acceptors (Lipinski definition) is 3. The summed E-state index contributed by atoms with van der Waals surface area (Å²) in [4.78, 5) is 17.1. The summed E-state index contributed by atoms with van der Waals surface area (Å²) < 4.78 is 7.82. The van der Waals surface area contributed by atoms with Gasteiger partial charge in [0.2, 0.25) is 0 Å². The van der Waals surface area contributed by atoms with Crippen molar-refractivity contribution in [3.05, 3.63) is 84.2 Å². The zero-order chi connectivity index (χ0) is 18.8. The number of ether oxygens (including phenoxy) is 1. The molecule has 1 N–H and O–H groups in total. The van der Waals surface area contributed by atoms with Gasteiger partial charge in [0, 0.05) is 30.4 Å². The van der Waals surface area contributed by atoms with Gasteiger partial charge in [0.25, 0.3) is 5.91 Å². The molecule has 5 heteroatoms. The molecule has 4 rings (SSSR count). The third-order valence-corrected chi connectivity index (χ3v) is 4.37. The highest BCUT2D eigenvalue weighted by Crippen LogP contribution is 2.28. The van der Waals surface area contributed by atoms with E-state index in [2.05, 4.69) is 10.3 Å². The molecule has 4 aromatic rings. The Labute approximate surface area is 157 Å². The number of benzene rings is 2. The Hall–Kier alpha value is -3.60. The molecule has 2 heterocycles. The Kier molecular flexibility index (Phi) is 4.34. The van der Waals surface area contributed by atoms with E-state index < -0.39 is 0 Å². The lowest BCUT2D eigenvalue weighted by atomic mass is 10.2. The van der Waals surface area contributed by atoms with E-state index in [1.807, 2.05) is 85.4 Å². The summed E-state index contributed by atoms with van der Waals surface area (Å²) in [5, 5.41) is 3.90. The number of aryl methyl sites for hydroxylation is 2. The first kappa shape index (κ1) is 16.8. The van der Waals surface area contributed by atoms with E-state index in [1.165, 1.54) is 0 Å². The maximum Gasteiger partial charge on any atom is 0.274 e. The zero-order valence-corrected chi connectivity index (χ0v) is 15.1. The van der Waals surface area contributed by atoms with Gasteiger partial charge in [-0.3, -0.25) is 4.79 Å². The smallest absolute Gasteiger partial charge is 0.274 e. The highest BCUT2D eigenvalue weighted by Gasteiger charge is 2.11. The maximum absolute atomic E-state index is 12.6. The number of amides is 1. The second kappa shape index (κ2) is 6.96. The van der Waals surface area contributed by atoms with Gasteiger partial charge in [0.05, 0.1) is 0 Å². The van der Waals surface area contributed by atoms with Crippen LogP contribution in [-0.4, -0.2) is 15.5 Å². The first-order valence-electron chi connectivity index (χ1n) is 8.67. The van der Waals surface area contributed by atoms with Crippen LogP contribution >= 0.6 is 0 Å². The van der Waals surface area contributed by atoms with Crippen LogP contribution in [0, 0.1) is 6.92 Å². The van der Waals surface area contributed by atoms with Crippen LogP contribution in [0.4, 0.5) is 5.69 Å². The number of para-hydroxylation sites is 1. The molecule has 0 fully saturated rings. The number of fused-ring (bicyclic) bond motifs is 1. The van der Waals surface area contributed by atoms with Crippen molar-refractivity contribution in [1.82, 2.24) is 9.55 Å². The van der Waals surface area contributed by atoms with Gasteiger partial charge in [-0.1, -0.05) is 24.3 Å². The van der Waals surface area contributed by atoms with Crippen LogP contribution in [0.1, 0.15) is 16.1 Å². The van der Waals surface area contributed by atoms with E-state index in [9.17, 15) is 4.79 Å². The predicted molar refractivity (Wildman–Crippen MR) is 106 cm³/mol. The van der Waals surface area contributed by atoms with Gasteiger partial charge < -0.3 is 14.6 Å². The first-order valence-corrected chi connectivity index (χ1v) is 8.67. The summed E-state index contributed by atoms with van der Waals surface area (Å²) in [6.45, 7) is 1.97. The summed E-state index contributed by atoms with van der Waals surface area (Å²) in [7, 11) is 1.91. The molecule has 134 valence electrons. The minimum absolute atomic E-state index is 0.257. The average molecular weight is 357 g/mol. The van der Waals surface area contributed by atoms with Crippen molar-refractivity contribution >= 4 is 22.6 Å². The average Bonchev–Trinajstić information content (AvgIpc) is 3.06. The number of nitrogens with zero attached hydrogens (tertiary/aromatic N) is 2. The summed E-state index contributed by atoms with van der Waals surface area (Å²) in [6.07, 6.45) is 1.92. The quantitative estimate of drug-likeness (QED) is 0.564. The van der Waals surface area contributed by atoms with Crippen molar-refractivity contribution in [2.75, 3.05) is 5.32 Å². The Morgan fingerprint density at radius 2 is 1.85 bits per heavy atom. The summed E-state index contributed by atoms with van der Waals surface area (Å²) in [6, 6.07) is 20.7. The Morgan fingerprint density at radius 3 is 2.67 bits per heavy atom. The number of nitrogens with one attached hydrogen (secondary N) is 1. The third-order valence-electron chi connectivity index (χ3n) is 4.37. The Balaban J connectivity index is 1.57. The van der Waals surface area contributed by atoms with Crippen LogP contribution < -0.4 is 10.1 Å². The molecule has 5 nitrogen and oxygen atoms in total. The Bertz CT molecular complexity index is 1120. The fraction of sp³-hybridized carbons (Fsp3) is 0.0909. The molecule has 27 heavy (non-hydrogen) atoms. The number of carbonyl (C=O) groups excluding carboxylic acids is 1. The summed E-state index contributed by atoms with van der Waals surface area (Å²) in [5.41, 5.74) is 2.79. The summed E-state index contributed by atoms with van der Waals surface area (Å²) in [5.74, 6) is 1.19. The maximum atomic E-state index is 12.6. The fourth-order valence-electron chi connectivity index (χ4n) is 2.86. The van der Waals surface area contributed by atoms with E-state index in [-0.39, 0.29) is 5.91 Å². The number of anilines is 1. The van der Waals surface area contributed by atoms with E-state index in [4.69, 9.17) is 4.74 Å². The zero-order valence-electron chi connectivity index (χ0n) is 15.1. The summed E-state index contributed by atoms with van der Waals surface area (Å²) >= 11 is 0. The number of carbonyl (C=O) groups is 1. The van der Waals surface area contributed by atoms with Gasteiger partial charge in [-0.15, -0.1) is 0 Å². The van der Waals surface area contributed by atoms with Crippen LogP contribution in [-0.2, 0) is 7.05 Å². The monoisotopic (exact) mass is 357 g/mol. The first-order chi connectivity index (χ1) is 13.1. The molecule has 0 atom stereocenters. The van der Waals surface area contributed by atoms with Crippen molar-refractivity contribution in [3.8, 4) is 11.5 Å². The molecule has 0 saturated heterocycles. The molecule has 0 spiro atoms. The molecule has 2 aromatic heterocycles. The molecule has 0 unspecified atom stereocenters. The standard InChI is InChI=1S/C22H19N3O2/c1-15-8-10-17(14-20(15)27-18-6-4-3-5-7-18)23-22(26)19-11-9-16-12-13-25(2)21(16)24-19/h3-14H,1-2H3,(H,23,26). The van der Waals surface area contributed by atoms with Crippen LogP contribution in [0.15, 0.2) is 72.9 Å². The number of aromatic nitrogens is 2. The molecule has 0 bridgehead atoms. The molecule has 0 aliphatic heterocycles. The van der Waals surface area contributed by atoms with E-state index in [0.29, 0.717) is 17.1 Å². The van der Waals surface area contributed by atoms with Gasteiger partial charge >= 0.3 is 0 Å². The topological polar surface area (TPSA) is 56.2 Å². The minimum Gasteiger partial charge on any atom is -0.457 e. The molecule has 0 aliphatic rings. The van der Waals surface area contributed by atoms with Gasteiger partial charge in [0.1, 0.15) is 22.8 Å². The van der Waals surface area contributed by atoms with Gasteiger partial charge in [-0.2, -0.15) is 0 Å². The van der Waals surface area contributed by atoms with Crippen molar-refractivity contribution in [3.63, 3.8) is 0 Å². The molecule has 0 saturated carbocycles. The van der Waals surface area contributed by atoms with Crippen molar-refractivity contribution in [2.24, 2.45) is 7.05 Å². The minimum atomic E-state index is -0.257. The molecular formula is C22H19N3O2. The third kappa shape index (κ3) is 3.53. The molecule has 1 amide bonds. The lowest BCUT2D eigenvalue weighted by Crippen LogP contribution is -2.14.